The van der Waals surface area contributed by atoms with Crippen LogP contribution in [0.5, 0.6) is 0 Å². The highest BCUT2D eigenvalue weighted by molar-refractivity contribution is 6.01. The maximum atomic E-state index is 14.4. The molecule has 7 heteroatoms. The molecule has 1 heterocycles. The molecule has 6 nitrogen and oxygen atoms in total. The van der Waals surface area contributed by atoms with Gasteiger partial charge in [0.05, 0.1) is 28.2 Å². The Kier molecular flexibility index (Phi) is 3.13. The highest BCUT2D eigenvalue weighted by Crippen LogP contribution is 2.39. The number of nitrogen functional groups attached to an aromatic ring is 2. The maximum Gasteiger partial charge on any atom is 0.338 e. The molecule has 20 heavy (non-hydrogen) atoms. The third-order valence-corrected chi connectivity index (χ3v) is 3.26. The SMILES string of the molecule is Cc1noc(C)c1-c1c(C)c(C(=O)O)c(N)c(N)c1F. The lowest BCUT2D eigenvalue weighted by atomic mass is 9.92. The number of carboxylic acid groups (broad SMARTS) is 1. The Morgan fingerprint density at radius 2 is 1.80 bits per heavy atom. The van der Waals surface area contributed by atoms with Crippen LogP contribution in [-0.4, -0.2) is 16.2 Å². The summed E-state index contributed by atoms with van der Waals surface area (Å²) in [5, 5.41) is 13.0. The van der Waals surface area contributed by atoms with E-state index < -0.39 is 11.8 Å². The summed E-state index contributed by atoms with van der Waals surface area (Å²) in [4.78, 5) is 11.3. The molecule has 0 fully saturated rings. The Bertz CT molecular complexity index is 703. The fourth-order valence-electron chi connectivity index (χ4n) is 2.29. The summed E-state index contributed by atoms with van der Waals surface area (Å²) in [5.74, 6) is -1.65. The molecule has 0 atom stereocenters. The number of carboxylic acids is 1. The summed E-state index contributed by atoms with van der Waals surface area (Å²) in [6.07, 6.45) is 0. The summed E-state index contributed by atoms with van der Waals surface area (Å²) in [7, 11) is 0. The molecule has 0 aliphatic carbocycles. The van der Waals surface area contributed by atoms with Crippen LogP contribution in [0.2, 0.25) is 0 Å². The molecule has 5 N–H and O–H groups in total. The van der Waals surface area contributed by atoms with E-state index in [2.05, 4.69) is 5.16 Å². The lowest BCUT2D eigenvalue weighted by molar-refractivity contribution is 0.0697. The van der Waals surface area contributed by atoms with Crippen LogP contribution >= 0.6 is 0 Å². The zero-order chi connectivity index (χ0) is 15.2. The fourth-order valence-corrected chi connectivity index (χ4v) is 2.29. The Morgan fingerprint density at radius 1 is 1.20 bits per heavy atom. The van der Waals surface area contributed by atoms with Crippen molar-refractivity contribution < 1.29 is 18.8 Å². The highest BCUT2D eigenvalue weighted by Gasteiger charge is 2.27. The first kappa shape index (κ1) is 13.9. The number of rotatable bonds is 2. The van der Waals surface area contributed by atoms with Crippen molar-refractivity contribution in [1.82, 2.24) is 5.16 Å². The number of nitrogens with zero attached hydrogens (tertiary/aromatic N) is 1. The van der Waals surface area contributed by atoms with Gasteiger partial charge < -0.3 is 21.1 Å². The summed E-state index contributed by atoms with van der Waals surface area (Å²) >= 11 is 0. The predicted molar refractivity (Wildman–Crippen MR) is 71.9 cm³/mol. The number of hydrogen-bond acceptors (Lipinski definition) is 5. The van der Waals surface area contributed by atoms with Crippen LogP contribution in [0.25, 0.3) is 11.1 Å². The molecule has 2 aromatic rings. The fraction of sp³-hybridized carbons (Fsp3) is 0.231. The minimum Gasteiger partial charge on any atom is -0.478 e. The normalized spacial score (nSPS) is 10.8. The van der Waals surface area contributed by atoms with Gasteiger partial charge >= 0.3 is 5.97 Å². The summed E-state index contributed by atoms with van der Waals surface area (Å²) in [6.45, 7) is 4.72. The molecule has 2 rings (SSSR count). The van der Waals surface area contributed by atoms with Crippen molar-refractivity contribution in [1.29, 1.82) is 0 Å². The van der Waals surface area contributed by atoms with Crippen LogP contribution in [-0.2, 0) is 0 Å². The molecule has 0 spiro atoms. The van der Waals surface area contributed by atoms with Crippen molar-refractivity contribution >= 4 is 17.3 Å². The molecule has 0 saturated carbocycles. The average molecular weight is 279 g/mol. The van der Waals surface area contributed by atoms with E-state index in [4.69, 9.17) is 16.0 Å². The van der Waals surface area contributed by atoms with Crippen LogP contribution in [0.1, 0.15) is 27.4 Å². The molecule has 0 amide bonds. The number of hydrogen-bond donors (Lipinski definition) is 3. The molecular formula is C13H14FN3O3. The number of aromatic nitrogens is 1. The van der Waals surface area contributed by atoms with Crippen LogP contribution in [0, 0.1) is 26.6 Å². The van der Waals surface area contributed by atoms with E-state index in [1.165, 1.54) is 6.92 Å². The largest absolute Gasteiger partial charge is 0.478 e. The number of carbonyl (C=O) groups is 1. The first-order valence-electron chi connectivity index (χ1n) is 5.80. The molecular weight excluding hydrogens is 265 g/mol. The second kappa shape index (κ2) is 4.52. The van der Waals surface area contributed by atoms with Crippen molar-refractivity contribution in [2.45, 2.75) is 20.8 Å². The topological polar surface area (TPSA) is 115 Å². The summed E-state index contributed by atoms with van der Waals surface area (Å²) < 4.78 is 19.4. The van der Waals surface area contributed by atoms with Gasteiger partial charge in [0.15, 0.2) is 5.82 Å². The number of benzene rings is 1. The van der Waals surface area contributed by atoms with E-state index >= 15 is 0 Å². The van der Waals surface area contributed by atoms with Gasteiger partial charge in [-0.15, -0.1) is 0 Å². The molecule has 0 bridgehead atoms. The lowest BCUT2D eigenvalue weighted by Crippen LogP contribution is -2.12. The highest BCUT2D eigenvalue weighted by atomic mass is 19.1. The first-order valence-corrected chi connectivity index (χ1v) is 5.80. The van der Waals surface area contributed by atoms with Gasteiger partial charge in [-0.05, 0) is 26.3 Å². The minimum absolute atomic E-state index is 0.0605. The first-order chi connectivity index (χ1) is 9.27. The summed E-state index contributed by atoms with van der Waals surface area (Å²) in [6, 6.07) is 0. The second-order valence-corrected chi connectivity index (χ2v) is 4.52. The maximum absolute atomic E-state index is 14.4. The zero-order valence-corrected chi connectivity index (χ0v) is 11.2. The average Bonchev–Trinajstić information content (AvgIpc) is 2.68. The van der Waals surface area contributed by atoms with Gasteiger partial charge in [-0.2, -0.15) is 0 Å². The van der Waals surface area contributed by atoms with E-state index in [-0.39, 0.29) is 28.1 Å². The third kappa shape index (κ3) is 1.78. The van der Waals surface area contributed by atoms with E-state index in [9.17, 15) is 14.3 Å². The molecule has 1 aromatic heterocycles. The van der Waals surface area contributed by atoms with Gasteiger partial charge in [-0.25, -0.2) is 9.18 Å². The van der Waals surface area contributed by atoms with Gasteiger partial charge in [-0.3, -0.25) is 0 Å². The van der Waals surface area contributed by atoms with Gasteiger partial charge in [0, 0.05) is 5.56 Å². The minimum atomic E-state index is -1.26. The van der Waals surface area contributed by atoms with Crippen LogP contribution < -0.4 is 11.5 Å². The van der Waals surface area contributed by atoms with Crippen molar-refractivity contribution in [3.8, 4) is 11.1 Å². The molecule has 0 aliphatic heterocycles. The van der Waals surface area contributed by atoms with Gasteiger partial charge in [-0.1, -0.05) is 5.16 Å². The van der Waals surface area contributed by atoms with E-state index in [0.717, 1.165) is 0 Å². The number of nitrogens with two attached hydrogens (primary N) is 2. The molecule has 0 saturated heterocycles. The smallest absolute Gasteiger partial charge is 0.338 e. The van der Waals surface area contributed by atoms with E-state index in [1.807, 2.05) is 0 Å². The monoisotopic (exact) mass is 279 g/mol. The number of aryl methyl sites for hydroxylation is 2. The van der Waals surface area contributed by atoms with Gasteiger partial charge in [0.1, 0.15) is 5.76 Å². The Labute approximate surface area is 114 Å². The van der Waals surface area contributed by atoms with Crippen molar-refractivity contribution in [3.05, 3.63) is 28.4 Å². The van der Waals surface area contributed by atoms with Crippen LogP contribution in [0.4, 0.5) is 15.8 Å². The van der Waals surface area contributed by atoms with E-state index in [0.29, 0.717) is 17.0 Å². The van der Waals surface area contributed by atoms with Crippen molar-refractivity contribution in [2.24, 2.45) is 0 Å². The molecule has 106 valence electrons. The number of halogens is 1. The quantitative estimate of drug-likeness (QED) is 0.726. The Hall–Kier alpha value is -2.57. The second-order valence-electron chi connectivity index (χ2n) is 4.52. The standard InChI is InChI=1S/C13H14FN3O3/c1-4-7(9-5(2)17-20-6(9)3)10(14)12(16)11(15)8(4)13(18)19/h15-16H2,1-3H3,(H,18,19). The zero-order valence-electron chi connectivity index (χ0n) is 11.2. The van der Waals surface area contributed by atoms with Crippen molar-refractivity contribution in [2.75, 3.05) is 11.5 Å². The Balaban J connectivity index is 2.95. The molecule has 0 unspecified atom stereocenters. The summed E-state index contributed by atoms with van der Waals surface area (Å²) in [5.41, 5.74) is 11.4. The lowest BCUT2D eigenvalue weighted by Gasteiger charge is -2.15. The molecule has 0 radical (unpaired) electrons. The third-order valence-electron chi connectivity index (χ3n) is 3.26. The van der Waals surface area contributed by atoms with Gasteiger partial charge in [0.2, 0.25) is 0 Å². The Morgan fingerprint density at radius 3 is 2.25 bits per heavy atom. The number of aromatic carboxylic acids is 1. The van der Waals surface area contributed by atoms with E-state index in [1.54, 1.807) is 13.8 Å². The van der Waals surface area contributed by atoms with Gasteiger partial charge in [0.25, 0.3) is 0 Å². The predicted octanol–water partition coefficient (Wildman–Crippen LogP) is 2.27. The molecule has 1 aromatic carbocycles. The van der Waals surface area contributed by atoms with Crippen LogP contribution in [0.15, 0.2) is 4.52 Å². The van der Waals surface area contributed by atoms with Crippen LogP contribution in [0.3, 0.4) is 0 Å². The van der Waals surface area contributed by atoms with Crippen molar-refractivity contribution in [3.63, 3.8) is 0 Å². The molecule has 0 aliphatic rings. The number of anilines is 2.